The van der Waals surface area contributed by atoms with Gasteiger partial charge in [0.25, 0.3) is 0 Å². The number of hydrogen-bond acceptors (Lipinski definition) is 4. The zero-order valence-corrected chi connectivity index (χ0v) is 13.5. The van der Waals surface area contributed by atoms with Crippen LogP contribution in [0, 0.1) is 0 Å². The van der Waals surface area contributed by atoms with Crippen LogP contribution in [-0.4, -0.2) is 28.5 Å². The average molecular weight is 282 g/mol. The van der Waals surface area contributed by atoms with Crippen LogP contribution in [0.25, 0.3) is 0 Å². The van der Waals surface area contributed by atoms with Crippen LogP contribution < -0.4 is 11.3 Å². The predicted molar refractivity (Wildman–Crippen MR) is 82.4 cm³/mol. The van der Waals surface area contributed by atoms with Gasteiger partial charge in [-0.3, -0.25) is 16.0 Å². The smallest absolute Gasteiger partial charge is 0.0817 e. The van der Waals surface area contributed by atoms with Crippen molar-refractivity contribution in [3.05, 3.63) is 18.0 Å². The Kier molecular flexibility index (Phi) is 6.65. The number of ether oxygens (including phenoxy) is 1. The van der Waals surface area contributed by atoms with Gasteiger partial charge in [-0.15, -0.1) is 0 Å². The standard InChI is InChI=1S/C15H30N4O/c1-6-13(7-2)19-10-9-12(18-19)11-14(17-16)15(4,8-3)20-5/h9-10,13-14,17H,6-8,11,16H2,1-5H3. The highest BCUT2D eigenvalue weighted by atomic mass is 16.5. The van der Waals surface area contributed by atoms with E-state index in [0.29, 0.717) is 6.04 Å². The van der Waals surface area contributed by atoms with E-state index >= 15 is 0 Å². The second-order valence-electron chi connectivity index (χ2n) is 5.55. The summed E-state index contributed by atoms with van der Waals surface area (Å²) in [6, 6.07) is 2.60. The van der Waals surface area contributed by atoms with Crippen LogP contribution in [0.15, 0.2) is 12.3 Å². The quantitative estimate of drug-likeness (QED) is 0.539. The van der Waals surface area contributed by atoms with Crippen LogP contribution in [0.5, 0.6) is 0 Å². The van der Waals surface area contributed by atoms with Gasteiger partial charge >= 0.3 is 0 Å². The van der Waals surface area contributed by atoms with Gasteiger partial charge in [0, 0.05) is 19.7 Å². The van der Waals surface area contributed by atoms with Crippen molar-refractivity contribution in [2.45, 2.75) is 71.1 Å². The Labute approximate surface area is 122 Å². The molecule has 2 atom stereocenters. The third-order valence-electron chi connectivity index (χ3n) is 4.50. The number of hydrogen-bond donors (Lipinski definition) is 2. The molecule has 0 aliphatic carbocycles. The SMILES string of the molecule is CCC(CC)n1ccc(CC(NN)C(C)(CC)OC)n1. The maximum absolute atomic E-state index is 5.71. The topological polar surface area (TPSA) is 65.1 Å². The van der Waals surface area contributed by atoms with Gasteiger partial charge in [0.05, 0.1) is 23.4 Å². The molecule has 5 nitrogen and oxygen atoms in total. The molecule has 0 aliphatic rings. The Bertz CT molecular complexity index is 383. The fourth-order valence-corrected chi connectivity index (χ4v) is 2.55. The van der Waals surface area contributed by atoms with Crippen molar-refractivity contribution in [3.63, 3.8) is 0 Å². The summed E-state index contributed by atoms with van der Waals surface area (Å²) in [7, 11) is 1.73. The molecule has 0 aliphatic heterocycles. The van der Waals surface area contributed by atoms with Gasteiger partial charge in [-0.25, -0.2) is 0 Å². The second-order valence-corrected chi connectivity index (χ2v) is 5.55. The van der Waals surface area contributed by atoms with E-state index in [1.807, 2.05) is 0 Å². The molecule has 1 aromatic rings. The summed E-state index contributed by atoms with van der Waals surface area (Å²) in [6.45, 7) is 8.57. The van der Waals surface area contributed by atoms with E-state index in [1.165, 1.54) is 0 Å². The van der Waals surface area contributed by atoms with Crippen LogP contribution in [0.3, 0.4) is 0 Å². The molecule has 3 N–H and O–H groups in total. The highest BCUT2D eigenvalue weighted by molar-refractivity contribution is 5.05. The van der Waals surface area contributed by atoms with Crippen LogP contribution in [0.2, 0.25) is 0 Å². The molecule has 2 unspecified atom stereocenters. The fourth-order valence-electron chi connectivity index (χ4n) is 2.55. The van der Waals surface area contributed by atoms with E-state index in [2.05, 4.69) is 55.2 Å². The molecule has 0 amide bonds. The van der Waals surface area contributed by atoms with Crippen molar-refractivity contribution >= 4 is 0 Å². The minimum atomic E-state index is -0.284. The van der Waals surface area contributed by atoms with Crippen molar-refractivity contribution in [1.29, 1.82) is 0 Å². The predicted octanol–water partition coefficient (Wildman–Crippen LogP) is 2.43. The van der Waals surface area contributed by atoms with Gasteiger partial charge in [-0.05, 0) is 32.3 Å². The first kappa shape index (κ1) is 17.1. The summed E-state index contributed by atoms with van der Waals surface area (Å²) >= 11 is 0. The number of nitrogens with zero attached hydrogens (tertiary/aromatic N) is 2. The Balaban J connectivity index is 2.81. The Morgan fingerprint density at radius 3 is 2.50 bits per heavy atom. The first-order chi connectivity index (χ1) is 9.54. The maximum atomic E-state index is 5.71. The molecule has 0 bridgehead atoms. The molecule has 0 aromatic carbocycles. The number of hydrazine groups is 1. The summed E-state index contributed by atoms with van der Waals surface area (Å²) in [5, 5.41) is 4.69. The summed E-state index contributed by atoms with van der Waals surface area (Å²) in [5.74, 6) is 5.71. The van der Waals surface area contributed by atoms with Crippen molar-refractivity contribution < 1.29 is 4.74 Å². The molecule has 0 radical (unpaired) electrons. The molecule has 1 rings (SSSR count). The number of nitrogens with one attached hydrogen (secondary N) is 1. The van der Waals surface area contributed by atoms with Crippen LogP contribution in [-0.2, 0) is 11.2 Å². The van der Waals surface area contributed by atoms with Crippen LogP contribution >= 0.6 is 0 Å². The minimum absolute atomic E-state index is 0.0440. The summed E-state index contributed by atoms with van der Waals surface area (Å²) in [4.78, 5) is 0. The number of rotatable bonds is 9. The normalized spacial score (nSPS) is 16.4. The fraction of sp³-hybridized carbons (Fsp3) is 0.800. The maximum Gasteiger partial charge on any atom is 0.0817 e. The molecule has 1 heterocycles. The lowest BCUT2D eigenvalue weighted by molar-refractivity contribution is -0.0290. The molecule has 1 aromatic heterocycles. The zero-order valence-electron chi connectivity index (χ0n) is 13.5. The van der Waals surface area contributed by atoms with Crippen molar-refractivity contribution in [2.75, 3.05) is 7.11 Å². The third-order valence-corrected chi connectivity index (χ3v) is 4.50. The second kappa shape index (κ2) is 7.76. The first-order valence-electron chi connectivity index (χ1n) is 7.59. The van der Waals surface area contributed by atoms with Crippen molar-refractivity contribution in [2.24, 2.45) is 5.84 Å². The third kappa shape index (κ3) is 3.81. The minimum Gasteiger partial charge on any atom is -0.377 e. The van der Waals surface area contributed by atoms with Crippen molar-refractivity contribution in [3.8, 4) is 0 Å². The van der Waals surface area contributed by atoms with Gasteiger partial charge in [0.1, 0.15) is 0 Å². The Morgan fingerprint density at radius 2 is 2.05 bits per heavy atom. The number of aromatic nitrogens is 2. The average Bonchev–Trinajstić information content (AvgIpc) is 2.93. The number of nitrogens with two attached hydrogens (primary N) is 1. The van der Waals surface area contributed by atoms with Crippen molar-refractivity contribution in [1.82, 2.24) is 15.2 Å². The molecule has 20 heavy (non-hydrogen) atoms. The highest BCUT2D eigenvalue weighted by Gasteiger charge is 2.32. The summed E-state index contributed by atoms with van der Waals surface area (Å²) in [6.07, 6.45) is 5.92. The molecule has 5 heteroatoms. The monoisotopic (exact) mass is 282 g/mol. The Morgan fingerprint density at radius 1 is 1.40 bits per heavy atom. The van der Waals surface area contributed by atoms with E-state index in [1.54, 1.807) is 7.11 Å². The largest absolute Gasteiger partial charge is 0.377 e. The van der Waals surface area contributed by atoms with Gasteiger partial charge < -0.3 is 4.74 Å². The van der Waals surface area contributed by atoms with Crippen LogP contribution in [0.4, 0.5) is 0 Å². The number of methoxy groups -OCH3 is 1. The van der Waals surface area contributed by atoms with E-state index in [0.717, 1.165) is 31.4 Å². The molecular formula is C15H30N4O. The molecule has 0 saturated heterocycles. The summed E-state index contributed by atoms with van der Waals surface area (Å²) in [5.41, 5.74) is 3.65. The van der Waals surface area contributed by atoms with Gasteiger partial charge in [0.2, 0.25) is 0 Å². The summed E-state index contributed by atoms with van der Waals surface area (Å²) < 4.78 is 7.70. The molecular weight excluding hydrogens is 252 g/mol. The molecule has 0 fully saturated rings. The van der Waals surface area contributed by atoms with E-state index < -0.39 is 0 Å². The van der Waals surface area contributed by atoms with Gasteiger partial charge in [0.15, 0.2) is 0 Å². The van der Waals surface area contributed by atoms with Gasteiger partial charge in [-0.1, -0.05) is 20.8 Å². The Hall–Kier alpha value is -0.910. The van der Waals surface area contributed by atoms with E-state index in [-0.39, 0.29) is 11.6 Å². The van der Waals surface area contributed by atoms with E-state index in [9.17, 15) is 0 Å². The molecule has 0 saturated carbocycles. The lowest BCUT2D eigenvalue weighted by Gasteiger charge is -2.35. The molecule has 0 spiro atoms. The van der Waals surface area contributed by atoms with Crippen LogP contribution in [0.1, 0.15) is 58.7 Å². The zero-order chi connectivity index (χ0) is 15.2. The molecule has 116 valence electrons. The lowest BCUT2D eigenvalue weighted by Crippen LogP contribution is -2.53. The van der Waals surface area contributed by atoms with Gasteiger partial charge in [-0.2, -0.15) is 5.10 Å². The van der Waals surface area contributed by atoms with E-state index in [4.69, 9.17) is 10.6 Å². The highest BCUT2D eigenvalue weighted by Crippen LogP contribution is 2.22. The lowest BCUT2D eigenvalue weighted by atomic mass is 9.90. The first-order valence-corrected chi connectivity index (χ1v) is 7.59.